The summed E-state index contributed by atoms with van der Waals surface area (Å²) in [7, 11) is 0. The zero-order valence-corrected chi connectivity index (χ0v) is 8.17. The first-order valence-corrected chi connectivity index (χ1v) is 4.41. The van der Waals surface area contributed by atoms with Crippen LogP contribution in [0, 0.1) is 5.92 Å². The van der Waals surface area contributed by atoms with Gasteiger partial charge in [0.1, 0.15) is 0 Å². The van der Waals surface area contributed by atoms with E-state index in [4.69, 9.17) is 4.74 Å². The van der Waals surface area contributed by atoms with E-state index in [0.29, 0.717) is 10.3 Å². The van der Waals surface area contributed by atoms with Gasteiger partial charge in [0.25, 0.3) is 0 Å². The summed E-state index contributed by atoms with van der Waals surface area (Å²) in [6, 6.07) is 0. The van der Waals surface area contributed by atoms with Gasteiger partial charge in [-0.3, -0.25) is 0 Å². The Bertz CT molecular complexity index is 99.8. The van der Waals surface area contributed by atoms with Gasteiger partial charge >= 0.3 is 0 Å². The summed E-state index contributed by atoms with van der Waals surface area (Å²) in [5, 5.41) is 0. The van der Waals surface area contributed by atoms with Crippen LogP contribution < -0.4 is 0 Å². The zero-order valence-electron chi connectivity index (χ0n) is 6.46. The van der Waals surface area contributed by atoms with Gasteiger partial charge in [0.15, 0.2) is 0 Å². The lowest BCUT2D eigenvalue weighted by Crippen LogP contribution is -2.08. The van der Waals surface area contributed by atoms with E-state index in [1.54, 1.807) is 0 Å². The van der Waals surface area contributed by atoms with Gasteiger partial charge in [0, 0.05) is 0 Å². The molecule has 0 bridgehead atoms. The summed E-state index contributed by atoms with van der Waals surface area (Å²) in [5.74, 6) is 0.630. The standard InChI is InChI=1S/C7H14OS2/c1-3-6(4-2)5-8-7(9)10/h6H,3-5H2,1-2H3,(H,9,10). The Labute approximate surface area is 73.6 Å². The van der Waals surface area contributed by atoms with Crippen LogP contribution in [0.3, 0.4) is 0 Å². The third kappa shape index (κ3) is 5.06. The van der Waals surface area contributed by atoms with Crippen molar-refractivity contribution in [3.63, 3.8) is 0 Å². The molecule has 0 N–H and O–H groups in total. The number of rotatable bonds is 4. The number of ether oxygens (including phenoxy) is 1. The molecule has 0 radical (unpaired) electrons. The van der Waals surface area contributed by atoms with Crippen molar-refractivity contribution in [2.24, 2.45) is 5.92 Å². The largest absolute Gasteiger partial charge is 0.478 e. The highest BCUT2D eigenvalue weighted by Crippen LogP contribution is 2.08. The lowest BCUT2D eigenvalue weighted by Gasteiger charge is -2.11. The smallest absolute Gasteiger partial charge is 0.216 e. The first-order valence-electron chi connectivity index (χ1n) is 3.56. The maximum absolute atomic E-state index is 5.08. The molecule has 0 aromatic heterocycles. The molecule has 0 aromatic carbocycles. The van der Waals surface area contributed by atoms with Crippen molar-refractivity contribution in [3.05, 3.63) is 0 Å². The summed E-state index contributed by atoms with van der Waals surface area (Å²) in [6.07, 6.45) is 2.29. The molecular weight excluding hydrogens is 164 g/mol. The molecule has 0 aliphatic heterocycles. The molecule has 0 unspecified atom stereocenters. The second kappa shape index (κ2) is 5.98. The van der Waals surface area contributed by atoms with Gasteiger partial charge < -0.3 is 4.74 Å². The minimum absolute atomic E-state index is 0.354. The van der Waals surface area contributed by atoms with Crippen LogP contribution in [0.15, 0.2) is 0 Å². The van der Waals surface area contributed by atoms with Crippen molar-refractivity contribution in [1.29, 1.82) is 0 Å². The summed E-state index contributed by atoms with van der Waals surface area (Å²) >= 11 is 8.51. The van der Waals surface area contributed by atoms with Gasteiger partial charge in [-0.15, -0.1) is 0 Å². The Hall–Kier alpha value is 0.240. The predicted octanol–water partition coefficient (Wildman–Crippen LogP) is 2.65. The second-order valence-electron chi connectivity index (χ2n) is 2.26. The maximum Gasteiger partial charge on any atom is 0.216 e. The molecule has 0 amide bonds. The molecule has 1 nitrogen and oxygen atoms in total. The molecule has 10 heavy (non-hydrogen) atoms. The van der Waals surface area contributed by atoms with Crippen LogP contribution in [0.1, 0.15) is 26.7 Å². The Morgan fingerprint density at radius 1 is 1.50 bits per heavy atom. The third-order valence-electron chi connectivity index (χ3n) is 1.60. The third-order valence-corrected chi connectivity index (χ3v) is 1.84. The Balaban J connectivity index is 3.34. The molecule has 60 valence electrons. The van der Waals surface area contributed by atoms with Crippen molar-refractivity contribution in [1.82, 2.24) is 0 Å². The second-order valence-corrected chi connectivity index (χ2v) is 3.34. The minimum Gasteiger partial charge on any atom is -0.478 e. The van der Waals surface area contributed by atoms with Crippen molar-refractivity contribution >= 4 is 29.2 Å². The Morgan fingerprint density at radius 3 is 2.30 bits per heavy atom. The van der Waals surface area contributed by atoms with E-state index in [-0.39, 0.29) is 0 Å². The number of hydrogen-bond acceptors (Lipinski definition) is 2. The molecular formula is C7H14OS2. The molecule has 0 rings (SSSR count). The highest BCUT2D eigenvalue weighted by molar-refractivity contribution is 8.10. The molecule has 3 heteroatoms. The molecule has 0 saturated heterocycles. The fourth-order valence-corrected chi connectivity index (χ4v) is 0.856. The first-order chi connectivity index (χ1) is 4.70. The minimum atomic E-state index is 0.354. The van der Waals surface area contributed by atoms with E-state index >= 15 is 0 Å². The molecule has 0 spiro atoms. The van der Waals surface area contributed by atoms with Crippen LogP contribution >= 0.6 is 24.8 Å². The van der Waals surface area contributed by atoms with Gasteiger partial charge in [0.2, 0.25) is 4.38 Å². The highest BCUT2D eigenvalue weighted by Gasteiger charge is 2.03. The number of thiol groups is 1. The average Bonchev–Trinajstić information content (AvgIpc) is 1.90. The molecule has 0 aliphatic carbocycles. The quantitative estimate of drug-likeness (QED) is 0.523. The van der Waals surface area contributed by atoms with E-state index in [1.165, 1.54) is 0 Å². The van der Waals surface area contributed by atoms with Crippen LogP contribution in [0.5, 0.6) is 0 Å². The Kier molecular flexibility index (Phi) is 6.13. The van der Waals surface area contributed by atoms with E-state index in [0.717, 1.165) is 19.4 Å². The molecule has 0 aromatic rings. The molecule has 0 aliphatic rings. The lowest BCUT2D eigenvalue weighted by atomic mass is 10.1. The van der Waals surface area contributed by atoms with E-state index in [1.807, 2.05) is 0 Å². The topological polar surface area (TPSA) is 9.23 Å². The highest BCUT2D eigenvalue weighted by atomic mass is 32.1. The SMILES string of the molecule is CCC(CC)COC(=S)S. The summed E-state index contributed by atoms with van der Waals surface area (Å²) in [6.45, 7) is 5.02. The van der Waals surface area contributed by atoms with Gasteiger partial charge in [-0.2, -0.15) is 0 Å². The first kappa shape index (κ1) is 10.2. The molecule has 0 heterocycles. The number of hydrogen-bond donors (Lipinski definition) is 1. The van der Waals surface area contributed by atoms with Crippen LogP contribution in [0.25, 0.3) is 0 Å². The molecule has 0 saturated carbocycles. The van der Waals surface area contributed by atoms with Gasteiger partial charge in [-0.1, -0.05) is 39.3 Å². The van der Waals surface area contributed by atoms with Crippen molar-refractivity contribution in [2.45, 2.75) is 26.7 Å². The summed E-state index contributed by atoms with van der Waals surface area (Å²) in [4.78, 5) is 0. The molecule has 0 atom stereocenters. The van der Waals surface area contributed by atoms with E-state index in [9.17, 15) is 0 Å². The van der Waals surface area contributed by atoms with Gasteiger partial charge in [0.05, 0.1) is 6.61 Å². The normalized spacial score (nSPS) is 10.0. The zero-order chi connectivity index (χ0) is 7.98. The van der Waals surface area contributed by atoms with Gasteiger partial charge in [-0.25, -0.2) is 0 Å². The van der Waals surface area contributed by atoms with Gasteiger partial charge in [-0.05, 0) is 18.1 Å². The van der Waals surface area contributed by atoms with Crippen LogP contribution in [-0.4, -0.2) is 11.0 Å². The number of thiocarbonyl (C=S) groups is 1. The lowest BCUT2D eigenvalue weighted by molar-refractivity contribution is 0.241. The average molecular weight is 178 g/mol. The van der Waals surface area contributed by atoms with Crippen LogP contribution in [0.4, 0.5) is 0 Å². The van der Waals surface area contributed by atoms with Crippen molar-refractivity contribution in [2.75, 3.05) is 6.61 Å². The molecule has 0 fully saturated rings. The maximum atomic E-state index is 5.08. The summed E-state index contributed by atoms with van der Waals surface area (Å²) in [5.41, 5.74) is 0. The predicted molar refractivity (Wildman–Crippen MR) is 51.6 cm³/mol. The van der Waals surface area contributed by atoms with Crippen molar-refractivity contribution < 1.29 is 4.74 Å². The summed E-state index contributed by atoms with van der Waals surface area (Å²) < 4.78 is 5.44. The van der Waals surface area contributed by atoms with Crippen LogP contribution in [-0.2, 0) is 4.74 Å². The fraction of sp³-hybridized carbons (Fsp3) is 0.857. The van der Waals surface area contributed by atoms with E-state index in [2.05, 4.69) is 38.7 Å². The van der Waals surface area contributed by atoms with Crippen molar-refractivity contribution in [3.8, 4) is 0 Å². The monoisotopic (exact) mass is 178 g/mol. The van der Waals surface area contributed by atoms with Crippen LogP contribution in [0.2, 0.25) is 0 Å². The van der Waals surface area contributed by atoms with E-state index < -0.39 is 0 Å². The Morgan fingerprint density at radius 2 is 2.00 bits per heavy atom. The fourth-order valence-electron chi connectivity index (χ4n) is 0.714.